The van der Waals surface area contributed by atoms with Gasteiger partial charge < -0.3 is 5.11 Å². The SMILES string of the molecule is CC1=C(CC(=O)O)c2cc(Cl)ccc2C1=Cc1ccc(C(C)(C)C)cc1. The zero-order chi connectivity index (χ0) is 19.1. The molecular weight excluding hydrogens is 344 g/mol. The van der Waals surface area contributed by atoms with E-state index in [1.165, 1.54) is 5.56 Å². The molecule has 134 valence electrons. The fourth-order valence-corrected chi connectivity index (χ4v) is 3.55. The van der Waals surface area contributed by atoms with Gasteiger partial charge in [-0.3, -0.25) is 4.79 Å². The molecule has 2 aromatic carbocycles. The molecular formula is C23H23ClO2. The molecule has 0 saturated heterocycles. The molecule has 0 aliphatic heterocycles. The molecule has 2 aromatic rings. The van der Waals surface area contributed by atoms with Gasteiger partial charge in [-0.25, -0.2) is 0 Å². The van der Waals surface area contributed by atoms with Crippen molar-refractivity contribution < 1.29 is 9.90 Å². The second-order valence-corrected chi connectivity index (χ2v) is 8.23. The topological polar surface area (TPSA) is 37.3 Å². The Labute approximate surface area is 159 Å². The van der Waals surface area contributed by atoms with Gasteiger partial charge >= 0.3 is 5.97 Å². The number of hydrogen-bond donors (Lipinski definition) is 1. The molecule has 0 atom stereocenters. The number of carboxylic acids is 1. The van der Waals surface area contributed by atoms with Crippen LogP contribution in [0.2, 0.25) is 5.02 Å². The summed E-state index contributed by atoms with van der Waals surface area (Å²) >= 11 is 6.15. The van der Waals surface area contributed by atoms with Gasteiger partial charge in [0.1, 0.15) is 0 Å². The van der Waals surface area contributed by atoms with E-state index < -0.39 is 5.97 Å². The van der Waals surface area contributed by atoms with E-state index in [2.05, 4.69) is 51.1 Å². The summed E-state index contributed by atoms with van der Waals surface area (Å²) in [6, 6.07) is 14.2. The first kappa shape index (κ1) is 18.5. The lowest BCUT2D eigenvalue weighted by molar-refractivity contribution is -0.135. The summed E-state index contributed by atoms with van der Waals surface area (Å²) < 4.78 is 0. The third-order valence-corrected chi connectivity index (χ3v) is 5.10. The highest BCUT2D eigenvalue weighted by molar-refractivity contribution is 6.31. The van der Waals surface area contributed by atoms with E-state index in [4.69, 9.17) is 11.6 Å². The first-order valence-electron chi connectivity index (χ1n) is 8.71. The van der Waals surface area contributed by atoms with Gasteiger partial charge in [-0.1, -0.05) is 62.7 Å². The number of benzene rings is 2. The fraction of sp³-hybridized carbons (Fsp3) is 0.261. The van der Waals surface area contributed by atoms with Crippen LogP contribution in [0.1, 0.15) is 56.4 Å². The molecule has 0 amide bonds. The minimum atomic E-state index is -0.832. The highest BCUT2D eigenvalue weighted by Gasteiger charge is 2.25. The summed E-state index contributed by atoms with van der Waals surface area (Å²) in [5, 5.41) is 9.90. The van der Waals surface area contributed by atoms with Crippen molar-refractivity contribution in [3.05, 3.63) is 75.3 Å². The average molecular weight is 367 g/mol. The first-order chi connectivity index (χ1) is 12.2. The molecule has 0 bridgehead atoms. The maximum absolute atomic E-state index is 11.3. The standard InChI is InChI=1S/C23H23ClO2/c1-14-19(11-15-5-7-16(8-6-15)23(2,3)4)18-10-9-17(24)12-21(18)20(14)13-22(25)26/h5-12H,13H2,1-4H3,(H,25,26). The van der Waals surface area contributed by atoms with Crippen molar-refractivity contribution >= 4 is 34.8 Å². The number of aliphatic carboxylic acids is 1. The van der Waals surface area contributed by atoms with E-state index in [1.54, 1.807) is 0 Å². The third-order valence-electron chi connectivity index (χ3n) is 4.87. The lowest BCUT2D eigenvalue weighted by Gasteiger charge is -2.18. The van der Waals surface area contributed by atoms with Crippen molar-refractivity contribution in [1.82, 2.24) is 0 Å². The lowest BCUT2D eigenvalue weighted by atomic mass is 9.86. The van der Waals surface area contributed by atoms with Gasteiger partial charge in [-0.2, -0.15) is 0 Å². The Morgan fingerprint density at radius 3 is 2.31 bits per heavy atom. The summed E-state index contributed by atoms with van der Waals surface area (Å²) in [5.41, 5.74) is 7.39. The molecule has 3 rings (SSSR count). The average Bonchev–Trinajstić information content (AvgIpc) is 2.79. The highest BCUT2D eigenvalue weighted by Crippen LogP contribution is 2.44. The molecule has 0 saturated carbocycles. The molecule has 2 nitrogen and oxygen atoms in total. The van der Waals surface area contributed by atoms with Gasteiger partial charge in [0.15, 0.2) is 0 Å². The molecule has 0 radical (unpaired) electrons. The van der Waals surface area contributed by atoms with Gasteiger partial charge in [-0.15, -0.1) is 0 Å². The monoisotopic (exact) mass is 366 g/mol. The summed E-state index contributed by atoms with van der Waals surface area (Å²) in [5.74, 6) is -0.832. The molecule has 0 heterocycles. The van der Waals surface area contributed by atoms with E-state index in [1.807, 2.05) is 25.1 Å². The van der Waals surface area contributed by atoms with Gasteiger partial charge in [0, 0.05) is 5.02 Å². The lowest BCUT2D eigenvalue weighted by Crippen LogP contribution is -2.10. The minimum absolute atomic E-state index is 0.000518. The van der Waals surface area contributed by atoms with Gasteiger partial charge in [0.2, 0.25) is 0 Å². The molecule has 1 aliphatic rings. The maximum Gasteiger partial charge on any atom is 0.307 e. The summed E-state index contributed by atoms with van der Waals surface area (Å²) in [6.07, 6.45) is 2.13. The second kappa shape index (κ2) is 6.77. The summed E-state index contributed by atoms with van der Waals surface area (Å²) in [7, 11) is 0. The Balaban J connectivity index is 2.08. The molecule has 0 aromatic heterocycles. The molecule has 0 spiro atoms. The molecule has 0 fully saturated rings. The van der Waals surface area contributed by atoms with Crippen LogP contribution in [0.3, 0.4) is 0 Å². The number of allylic oxidation sites excluding steroid dienone is 2. The molecule has 26 heavy (non-hydrogen) atoms. The fourth-order valence-electron chi connectivity index (χ4n) is 3.38. The third kappa shape index (κ3) is 3.61. The van der Waals surface area contributed by atoms with Crippen LogP contribution < -0.4 is 0 Å². The maximum atomic E-state index is 11.3. The van der Waals surface area contributed by atoms with Crippen LogP contribution >= 0.6 is 11.6 Å². The Morgan fingerprint density at radius 2 is 1.73 bits per heavy atom. The second-order valence-electron chi connectivity index (χ2n) is 7.79. The van der Waals surface area contributed by atoms with Crippen LogP contribution in [0, 0.1) is 0 Å². The number of hydrogen-bond acceptors (Lipinski definition) is 1. The zero-order valence-electron chi connectivity index (χ0n) is 15.6. The van der Waals surface area contributed by atoms with Crippen LogP contribution in [0.4, 0.5) is 0 Å². The van der Waals surface area contributed by atoms with E-state index in [0.29, 0.717) is 5.02 Å². The first-order valence-corrected chi connectivity index (χ1v) is 9.09. The van der Waals surface area contributed by atoms with Crippen LogP contribution in [0.15, 0.2) is 48.0 Å². The minimum Gasteiger partial charge on any atom is -0.481 e. The van der Waals surface area contributed by atoms with Crippen LogP contribution in [-0.2, 0) is 10.2 Å². The van der Waals surface area contributed by atoms with Crippen molar-refractivity contribution in [1.29, 1.82) is 0 Å². The highest BCUT2D eigenvalue weighted by atomic mass is 35.5. The van der Waals surface area contributed by atoms with Crippen molar-refractivity contribution in [3.8, 4) is 0 Å². The molecule has 1 aliphatic carbocycles. The quantitative estimate of drug-likeness (QED) is 0.678. The van der Waals surface area contributed by atoms with Crippen LogP contribution in [-0.4, -0.2) is 11.1 Å². The van der Waals surface area contributed by atoms with Gasteiger partial charge in [0.05, 0.1) is 6.42 Å². The Hall–Kier alpha value is -2.32. The van der Waals surface area contributed by atoms with Crippen molar-refractivity contribution in [2.45, 2.75) is 39.5 Å². The van der Waals surface area contributed by atoms with E-state index in [-0.39, 0.29) is 11.8 Å². The number of halogens is 1. The van der Waals surface area contributed by atoms with E-state index in [0.717, 1.165) is 33.4 Å². The van der Waals surface area contributed by atoms with E-state index in [9.17, 15) is 9.90 Å². The normalized spacial score (nSPS) is 15.5. The van der Waals surface area contributed by atoms with Crippen LogP contribution in [0.25, 0.3) is 17.2 Å². The predicted molar refractivity (Wildman–Crippen MR) is 109 cm³/mol. The van der Waals surface area contributed by atoms with E-state index >= 15 is 0 Å². The van der Waals surface area contributed by atoms with Crippen molar-refractivity contribution in [2.75, 3.05) is 0 Å². The molecule has 3 heteroatoms. The Kier molecular flexibility index (Phi) is 4.81. The van der Waals surface area contributed by atoms with Crippen molar-refractivity contribution in [2.24, 2.45) is 0 Å². The van der Waals surface area contributed by atoms with Gasteiger partial charge in [0.25, 0.3) is 0 Å². The number of carboxylic acid groups (broad SMARTS) is 1. The van der Waals surface area contributed by atoms with Crippen molar-refractivity contribution in [3.63, 3.8) is 0 Å². The number of fused-ring (bicyclic) bond motifs is 1. The smallest absolute Gasteiger partial charge is 0.307 e. The number of carbonyl (C=O) groups is 1. The summed E-state index contributed by atoms with van der Waals surface area (Å²) in [6.45, 7) is 8.58. The Bertz CT molecular complexity index is 926. The predicted octanol–water partition coefficient (Wildman–Crippen LogP) is 6.44. The number of rotatable bonds is 3. The zero-order valence-corrected chi connectivity index (χ0v) is 16.3. The molecule has 0 unspecified atom stereocenters. The largest absolute Gasteiger partial charge is 0.481 e. The summed E-state index contributed by atoms with van der Waals surface area (Å²) in [4.78, 5) is 11.3. The molecule has 1 N–H and O–H groups in total. The van der Waals surface area contributed by atoms with Gasteiger partial charge in [-0.05, 0) is 69.5 Å². The van der Waals surface area contributed by atoms with Crippen LogP contribution in [0.5, 0.6) is 0 Å². The Morgan fingerprint density at radius 1 is 1.08 bits per heavy atom.